The number of nitrogens with one attached hydrogen (secondary N) is 2. The molecule has 0 unspecified atom stereocenters. The molecule has 0 amide bonds. The summed E-state index contributed by atoms with van der Waals surface area (Å²) in [6.07, 6.45) is 4.74. The molecule has 0 saturated carbocycles. The van der Waals surface area contributed by atoms with E-state index in [-0.39, 0.29) is 0 Å². The zero-order valence-corrected chi connectivity index (χ0v) is 16.3. The van der Waals surface area contributed by atoms with Gasteiger partial charge in [-0.2, -0.15) is 11.8 Å². The first-order valence-electron chi connectivity index (χ1n) is 8.35. The smallest absolute Gasteiger partial charge is 0.191 e. The molecule has 1 aromatic heterocycles. The van der Waals surface area contributed by atoms with Crippen molar-refractivity contribution in [2.24, 2.45) is 4.99 Å². The van der Waals surface area contributed by atoms with Crippen LogP contribution in [0.2, 0.25) is 5.02 Å². The lowest BCUT2D eigenvalue weighted by atomic mass is 10.2. The van der Waals surface area contributed by atoms with Crippen LogP contribution in [0, 0.1) is 0 Å². The third kappa shape index (κ3) is 6.96. The molecule has 2 aromatic rings. The summed E-state index contributed by atoms with van der Waals surface area (Å²) in [5.41, 5.74) is 1.13. The van der Waals surface area contributed by atoms with Gasteiger partial charge in [0, 0.05) is 36.8 Å². The average molecular weight is 381 g/mol. The number of aromatic nitrogens is 3. The van der Waals surface area contributed by atoms with E-state index in [0.717, 1.165) is 54.2 Å². The second kappa shape index (κ2) is 11.0. The molecule has 136 valence electrons. The molecule has 0 aliphatic rings. The van der Waals surface area contributed by atoms with E-state index < -0.39 is 0 Å². The Morgan fingerprint density at radius 3 is 2.72 bits per heavy atom. The number of aliphatic imine (C=N–C) groups is 1. The molecule has 0 aliphatic carbocycles. The first kappa shape index (κ1) is 19.6. The van der Waals surface area contributed by atoms with Crippen molar-refractivity contribution in [1.29, 1.82) is 0 Å². The van der Waals surface area contributed by atoms with Crippen molar-refractivity contribution in [2.45, 2.75) is 26.4 Å². The van der Waals surface area contributed by atoms with Gasteiger partial charge in [0.05, 0.1) is 6.54 Å². The van der Waals surface area contributed by atoms with Crippen LogP contribution in [0.25, 0.3) is 0 Å². The Labute approximate surface area is 158 Å². The number of thioether (sulfide) groups is 1. The Morgan fingerprint density at radius 1 is 1.24 bits per heavy atom. The molecule has 6 nitrogen and oxygen atoms in total. The highest BCUT2D eigenvalue weighted by Gasteiger charge is 2.03. The Morgan fingerprint density at radius 2 is 2.00 bits per heavy atom. The van der Waals surface area contributed by atoms with Crippen molar-refractivity contribution in [3.63, 3.8) is 0 Å². The molecule has 1 aromatic carbocycles. The van der Waals surface area contributed by atoms with Gasteiger partial charge in [0.2, 0.25) is 0 Å². The van der Waals surface area contributed by atoms with E-state index >= 15 is 0 Å². The van der Waals surface area contributed by atoms with Gasteiger partial charge < -0.3 is 15.2 Å². The van der Waals surface area contributed by atoms with E-state index in [2.05, 4.69) is 43.6 Å². The fourth-order valence-corrected chi connectivity index (χ4v) is 2.67. The van der Waals surface area contributed by atoms with E-state index in [1.807, 2.05) is 24.3 Å². The van der Waals surface area contributed by atoms with Gasteiger partial charge in [-0.3, -0.25) is 0 Å². The molecule has 0 atom stereocenters. The fraction of sp³-hybridized carbons (Fsp3) is 0.471. The van der Waals surface area contributed by atoms with Gasteiger partial charge in [-0.05, 0) is 24.0 Å². The van der Waals surface area contributed by atoms with E-state index in [9.17, 15) is 0 Å². The second-order valence-electron chi connectivity index (χ2n) is 5.43. The molecule has 0 bridgehead atoms. The molecule has 2 rings (SSSR count). The largest absolute Gasteiger partial charge is 0.356 e. The highest BCUT2D eigenvalue weighted by molar-refractivity contribution is 7.98. The third-order valence-electron chi connectivity index (χ3n) is 3.59. The van der Waals surface area contributed by atoms with E-state index in [1.54, 1.807) is 18.1 Å². The summed E-state index contributed by atoms with van der Waals surface area (Å²) in [5.74, 6) is 2.85. The van der Waals surface area contributed by atoms with Gasteiger partial charge in [-0.15, -0.1) is 10.2 Å². The summed E-state index contributed by atoms with van der Waals surface area (Å²) in [5, 5.41) is 15.5. The van der Waals surface area contributed by atoms with Gasteiger partial charge in [0.15, 0.2) is 5.96 Å². The third-order valence-corrected chi connectivity index (χ3v) is 4.45. The average Bonchev–Trinajstić information content (AvgIpc) is 3.08. The van der Waals surface area contributed by atoms with Crippen LogP contribution in [0.5, 0.6) is 0 Å². The highest BCUT2D eigenvalue weighted by atomic mass is 35.5. The molecular formula is C17H25ClN6S. The molecule has 0 fully saturated rings. The number of hydrogen-bond donors (Lipinski definition) is 2. The summed E-state index contributed by atoms with van der Waals surface area (Å²) in [6.45, 7) is 5.13. The first-order chi connectivity index (χ1) is 12.2. The maximum Gasteiger partial charge on any atom is 0.191 e. The summed E-state index contributed by atoms with van der Waals surface area (Å²) in [7, 11) is 0. The Kier molecular flexibility index (Phi) is 8.62. The SMILES string of the molecule is CCc1nncn1CCNC(=NCc1ccc(Cl)cc1)NCCSC. The predicted molar refractivity (Wildman–Crippen MR) is 106 cm³/mol. The summed E-state index contributed by atoms with van der Waals surface area (Å²) in [4.78, 5) is 4.66. The van der Waals surface area contributed by atoms with Crippen LogP contribution in [-0.2, 0) is 19.5 Å². The van der Waals surface area contributed by atoms with Crippen LogP contribution < -0.4 is 10.6 Å². The van der Waals surface area contributed by atoms with Gasteiger partial charge in [-0.1, -0.05) is 30.7 Å². The number of halogens is 1. The van der Waals surface area contributed by atoms with Crippen LogP contribution in [0.4, 0.5) is 0 Å². The quantitative estimate of drug-likeness (QED) is 0.397. The van der Waals surface area contributed by atoms with Crippen molar-refractivity contribution in [3.05, 3.63) is 47.0 Å². The lowest BCUT2D eigenvalue weighted by Crippen LogP contribution is -2.40. The molecule has 2 N–H and O–H groups in total. The Balaban J connectivity index is 1.89. The van der Waals surface area contributed by atoms with Crippen LogP contribution in [0.1, 0.15) is 18.3 Å². The van der Waals surface area contributed by atoms with E-state index in [4.69, 9.17) is 11.6 Å². The first-order valence-corrected chi connectivity index (χ1v) is 10.1. The number of hydrogen-bond acceptors (Lipinski definition) is 4. The normalized spacial score (nSPS) is 11.6. The summed E-state index contributed by atoms with van der Waals surface area (Å²) >= 11 is 7.73. The van der Waals surface area contributed by atoms with Gasteiger partial charge in [0.1, 0.15) is 12.2 Å². The van der Waals surface area contributed by atoms with E-state index in [0.29, 0.717) is 6.54 Å². The minimum Gasteiger partial charge on any atom is -0.356 e. The molecule has 0 aliphatic heterocycles. The minimum absolute atomic E-state index is 0.610. The lowest BCUT2D eigenvalue weighted by Gasteiger charge is -2.13. The number of nitrogens with zero attached hydrogens (tertiary/aromatic N) is 4. The summed E-state index contributed by atoms with van der Waals surface area (Å²) in [6, 6.07) is 7.77. The monoisotopic (exact) mass is 380 g/mol. The zero-order valence-electron chi connectivity index (χ0n) is 14.7. The molecule has 25 heavy (non-hydrogen) atoms. The topological polar surface area (TPSA) is 67.1 Å². The predicted octanol–water partition coefficient (Wildman–Crippen LogP) is 2.59. The minimum atomic E-state index is 0.610. The number of aryl methyl sites for hydroxylation is 1. The number of rotatable bonds is 9. The number of benzene rings is 1. The Bertz CT molecular complexity index is 655. The standard InChI is InChI=1S/C17H25ClN6S/c1-3-16-23-22-13-24(16)10-8-19-17(20-9-11-25-2)21-12-14-4-6-15(18)7-5-14/h4-7,13H,3,8-12H2,1-2H3,(H2,19,20,21). The van der Waals surface area contributed by atoms with Crippen LogP contribution >= 0.6 is 23.4 Å². The van der Waals surface area contributed by atoms with Crippen molar-refractivity contribution >= 4 is 29.3 Å². The van der Waals surface area contributed by atoms with E-state index in [1.165, 1.54) is 0 Å². The number of guanidine groups is 1. The summed E-state index contributed by atoms with van der Waals surface area (Å²) < 4.78 is 2.06. The van der Waals surface area contributed by atoms with Gasteiger partial charge in [0.25, 0.3) is 0 Å². The van der Waals surface area contributed by atoms with Gasteiger partial charge in [-0.25, -0.2) is 4.99 Å². The molecule has 8 heteroatoms. The van der Waals surface area contributed by atoms with Crippen LogP contribution in [0.3, 0.4) is 0 Å². The maximum atomic E-state index is 5.93. The Hall–Kier alpha value is -1.73. The maximum absolute atomic E-state index is 5.93. The zero-order chi connectivity index (χ0) is 17.9. The molecule has 0 spiro atoms. The molecular weight excluding hydrogens is 356 g/mol. The molecule has 0 saturated heterocycles. The molecule has 1 heterocycles. The van der Waals surface area contributed by atoms with Crippen LogP contribution in [-0.4, -0.2) is 45.8 Å². The van der Waals surface area contributed by atoms with Crippen molar-refractivity contribution in [1.82, 2.24) is 25.4 Å². The van der Waals surface area contributed by atoms with Crippen molar-refractivity contribution < 1.29 is 0 Å². The van der Waals surface area contributed by atoms with Crippen LogP contribution in [0.15, 0.2) is 35.6 Å². The van der Waals surface area contributed by atoms with Gasteiger partial charge >= 0.3 is 0 Å². The fourth-order valence-electron chi connectivity index (χ4n) is 2.24. The van der Waals surface area contributed by atoms with Crippen molar-refractivity contribution in [3.8, 4) is 0 Å². The highest BCUT2D eigenvalue weighted by Crippen LogP contribution is 2.10. The lowest BCUT2D eigenvalue weighted by molar-refractivity contribution is 0.633. The van der Waals surface area contributed by atoms with Crippen molar-refractivity contribution in [2.75, 3.05) is 25.1 Å². The molecule has 0 radical (unpaired) electrons. The second-order valence-corrected chi connectivity index (χ2v) is 6.85.